The van der Waals surface area contributed by atoms with E-state index in [0.29, 0.717) is 0 Å². The summed E-state index contributed by atoms with van der Waals surface area (Å²) < 4.78 is 8.12. The molecule has 2 aromatic carbocycles. The Morgan fingerprint density at radius 1 is 0.923 bits per heavy atom. The number of hydrogen-bond acceptors (Lipinski definition) is 3. The van der Waals surface area contributed by atoms with Crippen LogP contribution in [0.5, 0.6) is 5.75 Å². The highest BCUT2D eigenvalue weighted by molar-refractivity contribution is 5.60. The van der Waals surface area contributed by atoms with Crippen LogP contribution in [0, 0.1) is 0 Å². The van der Waals surface area contributed by atoms with E-state index in [1.807, 2.05) is 42.7 Å². The summed E-state index contributed by atoms with van der Waals surface area (Å²) in [6.45, 7) is 4.15. The number of aromatic nitrogens is 2. The van der Waals surface area contributed by atoms with Crippen LogP contribution < -0.4 is 4.74 Å². The quantitative estimate of drug-likeness (QED) is 0.662. The first-order chi connectivity index (χ1) is 12.9. The van der Waals surface area contributed by atoms with Crippen molar-refractivity contribution in [2.45, 2.75) is 19.3 Å². The van der Waals surface area contributed by atoms with Crippen LogP contribution in [-0.2, 0) is 0 Å². The Hall–Kier alpha value is -2.59. The fourth-order valence-corrected chi connectivity index (χ4v) is 3.51. The van der Waals surface area contributed by atoms with Gasteiger partial charge in [-0.25, -0.2) is 4.98 Å². The van der Waals surface area contributed by atoms with Gasteiger partial charge in [0.15, 0.2) is 0 Å². The fraction of sp³-hybridized carbons (Fsp3) is 0.318. The van der Waals surface area contributed by atoms with Gasteiger partial charge in [-0.15, -0.1) is 0 Å². The molecule has 3 aromatic rings. The number of hydrogen-bond donors (Lipinski definition) is 0. The minimum atomic E-state index is 0.733. The van der Waals surface area contributed by atoms with Crippen molar-refractivity contribution in [2.75, 3.05) is 26.2 Å². The molecule has 0 atom stereocenters. The third-order valence-electron chi connectivity index (χ3n) is 4.89. The third-order valence-corrected chi connectivity index (χ3v) is 4.89. The number of ether oxygens (including phenoxy) is 1. The lowest BCUT2D eigenvalue weighted by Crippen LogP contribution is -2.33. The zero-order valence-corrected chi connectivity index (χ0v) is 15.1. The summed E-state index contributed by atoms with van der Waals surface area (Å²) in [7, 11) is 0. The summed E-state index contributed by atoms with van der Waals surface area (Å²) in [5, 5.41) is 0. The smallest absolute Gasteiger partial charge is 0.144 e. The Labute approximate surface area is 155 Å². The summed E-state index contributed by atoms with van der Waals surface area (Å²) in [6, 6.07) is 18.5. The maximum Gasteiger partial charge on any atom is 0.144 e. The normalized spacial score (nSPS) is 15.1. The van der Waals surface area contributed by atoms with Gasteiger partial charge in [-0.3, -0.25) is 9.47 Å². The average molecular weight is 347 g/mol. The molecular formula is C22H25N3O. The van der Waals surface area contributed by atoms with Crippen LogP contribution in [0.3, 0.4) is 0 Å². The minimum absolute atomic E-state index is 0.733. The van der Waals surface area contributed by atoms with Gasteiger partial charge in [-0.05, 0) is 50.2 Å². The largest absolute Gasteiger partial charge is 0.492 e. The predicted molar refractivity (Wildman–Crippen MR) is 105 cm³/mol. The van der Waals surface area contributed by atoms with E-state index >= 15 is 0 Å². The number of nitrogens with zero attached hydrogens (tertiary/aromatic N) is 3. The van der Waals surface area contributed by atoms with E-state index in [9.17, 15) is 0 Å². The van der Waals surface area contributed by atoms with Gasteiger partial charge in [0.1, 0.15) is 18.2 Å². The first-order valence-corrected chi connectivity index (χ1v) is 9.44. The average Bonchev–Trinajstić information content (AvgIpc) is 3.20. The van der Waals surface area contributed by atoms with Crippen LogP contribution in [0.15, 0.2) is 67.0 Å². The van der Waals surface area contributed by atoms with Gasteiger partial charge < -0.3 is 4.74 Å². The SMILES string of the molecule is c1ccc(-n2ccnc2-c2cccc(OCCN3CCCCC3)c2)cc1. The van der Waals surface area contributed by atoms with E-state index in [1.54, 1.807) is 0 Å². The van der Waals surface area contributed by atoms with E-state index < -0.39 is 0 Å². The second-order valence-corrected chi connectivity index (χ2v) is 6.73. The summed E-state index contributed by atoms with van der Waals surface area (Å²) >= 11 is 0. The molecule has 4 heteroatoms. The molecule has 2 heterocycles. The second kappa shape index (κ2) is 8.19. The molecule has 0 bridgehead atoms. The zero-order chi connectivity index (χ0) is 17.6. The molecule has 4 nitrogen and oxygen atoms in total. The number of imidazole rings is 1. The molecule has 0 N–H and O–H groups in total. The molecule has 1 aromatic heterocycles. The third kappa shape index (κ3) is 3.97. The Morgan fingerprint density at radius 3 is 2.62 bits per heavy atom. The van der Waals surface area contributed by atoms with Gasteiger partial charge in [0.25, 0.3) is 0 Å². The molecule has 26 heavy (non-hydrogen) atoms. The second-order valence-electron chi connectivity index (χ2n) is 6.73. The Bertz CT molecular complexity index is 822. The molecule has 1 aliphatic rings. The molecule has 0 unspecified atom stereocenters. The minimum Gasteiger partial charge on any atom is -0.492 e. The molecule has 134 valence electrons. The highest BCUT2D eigenvalue weighted by Gasteiger charge is 2.11. The number of rotatable bonds is 6. The van der Waals surface area contributed by atoms with Gasteiger partial charge in [0.2, 0.25) is 0 Å². The topological polar surface area (TPSA) is 30.3 Å². The van der Waals surface area contributed by atoms with E-state index in [0.717, 1.165) is 36.0 Å². The van der Waals surface area contributed by atoms with Crippen molar-refractivity contribution in [3.8, 4) is 22.8 Å². The van der Waals surface area contributed by atoms with Crippen molar-refractivity contribution in [3.63, 3.8) is 0 Å². The molecule has 1 fully saturated rings. The highest BCUT2D eigenvalue weighted by atomic mass is 16.5. The first kappa shape index (κ1) is 16.9. The summed E-state index contributed by atoms with van der Waals surface area (Å²) in [5.41, 5.74) is 2.17. The number of benzene rings is 2. The van der Waals surface area contributed by atoms with Crippen LogP contribution in [0.4, 0.5) is 0 Å². The lowest BCUT2D eigenvalue weighted by molar-refractivity contribution is 0.183. The Morgan fingerprint density at radius 2 is 1.77 bits per heavy atom. The van der Waals surface area contributed by atoms with Gasteiger partial charge >= 0.3 is 0 Å². The van der Waals surface area contributed by atoms with Gasteiger partial charge in [0.05, 0.1) is 0 Å². The van der Waals surface area contributed by atoms with Crippen molar-refractivity contribution in [2.24, 2.45) is 0 Å². The lowest BCUT2D eigenvalue weighted by atomic mass is 10.1. The summed E-state index contributed by atoms with van der Waals surface area (Å²) in [4.78, 5) is 7.05. The van der Waals surface area contributed by atoms with E-state index in [1.165, 1.54) is 32.4 Å². The lowest BCUT2D eigenvalue weighted by Gasteiger charge is -2.26. The van der Waals surface area contributed by atoms with Gasteiger partial charge in [-0.2, -0.15) is 0 Å². The summed E-state index contributed by atoms with van der Waals surface area (Å²) in [5.74, 6) is 1.83. The Balaban J connectivity index is 1.46. The van der Waals surface area contributed by atoms with Crippen molar-refractivity contribution >= 4 is 0 Å². The molecule has 0 amide bonds. The Kier molecular flexibility index (Phi) is 5.31. The predicted octanol–water partition coefficient (Wildman–Crippen LogP) is 4.40. The van der Waals surface area contributed by atoms with E-state index in [4.69, 9.17) is 4.74 Å². The summed E-state index contributed by atoms with van der Waals surface area (Å²) in [6.07, 6.45) is 7.84. The molecular weight excluding hydrogens is 322 g/mol. The molecule has 0 saturated carbocycles. The number of likely N-dealkylation sites (tertiary alicyclic amines) is 1. The van der Waals surface area contributed by atoms with Crippen molar-refractivity contribution in [1.29, 1.82) is 0 Å². The molecule has 4 rings (SSSR count). The van der Waals surface area contributed by atoms with Crippen LogP contribution in [0.2, 0.25) is 0 Å². The standard InChI is InChI=1S/C22H25N3O/c1-3-9-20(10-4-1)25-15-12-23-22(25)19-8-7-11-21(18-19)26-17-16-24-13-5-2-6-14-24/h1,3-4,7-12,15,18H,2,5-6,13-14,16-17H2. The fourth-order valence-electron chi connectivity index (χ4n) is 3.51. The first-order valence-electron chi connectivity index (χ1n) is 9.44. The van der Waals surface area contributed by atoms with Gasteiger partial charge in [-0.1, -0.05) is 36.8 Å². The van der Waals surface area contributed by atoms with E-state index in [2.05, 4.69) is 38.7 Å². The van der Waals surface area contributed by atoms with Crippen LogP contribution >= 0.6 is 0 Å². The van der Waals surface area contributed by atoms with Crippen LogP contribution in [0.1, 0.15) is 19.3 Å². The van der Waals surface area contributed by atoms with Crippen molar-refractivity contribution in [3.05, 3.63) is 67.0 Å². The van der Waals surface area contributed by atoms with E-state index in [-0.39, 0.29) is 0 Å². The monoisotopic (exact) mass is 347 g/mol. The zero-order valence-electron chi connectivity index (χ0n) is 15.1. The molecule has 0 spiro atoms. The van der Waals surface area contributed by atoms with Crippen LogP contribution in [-0.4, -0.2) is 40.7 Å². The van der Waals surface area contributed by atoms with Crippen molar-refractivity contribution in [1.82, 2.24) is 14.5 Å². The molecule has 0 radical (unpaired) electrons. The molecule has 1 saturated heterocycles. The van der Waals surface area contributed by atoms with Gasteiger partial charge in [0, 0.05) is 30.2 Å². The van der Waals surface area contributed by atoms with Crippen molar-refractivity contribution < 1.29 is 4.74 Å². The highest BCUT2D eigenvalue weighted by Crippen LogP contribution is 2.25. The number of piperidine rings is 1. The maximum atomic E-state index is 6.01. The maximum absolute atomic E-state index is 6.01. The molecule has 1 aliphatic heterocycles. The van der Waals surface area contributed by atoms with Crippen LogP contribution in [0.25, 0.3) is 17.1 Å². The molecule has 0 aliphatic carbocycles. The number of para-hydroxylation sites is 1.